The Kier molecular flexibility index (Phi) is 5.16. The first-order chi connectivity index (χ1) is 15.6. The lowest BCUT2D eigenvalue weighted by molar-refractivity contribution is -0.384. The fourth-order valence-corrected chi connectivity index (χ4v) is 4.40. The van der Waals surface area contributed by atoms with E-state index >= 15 is 0 Å². The second-order valence-corrected chi connectivity index (χ2v) is 8.17. The highest BCUT2D eigenvalue weighted by atomic mass is 32.2. The largest absolute Gasteiger partial charge is 0.486 e. The van der Waals surface area contributed by atoms with Crippen molar-refractivity contribution in [3.8, 4) is 11.5 Å². The molecule has 2 heterocycles. The van der Waals surface area contributed by atoms with E-state index in [-0.39, 0.29) is 11.6 Å². The average molecular weight is 447 g/mol. The number of benzene rings is 3. The Balaban J connectivity index is 1.51. The Morgan fingerprint density at radius 3 is 2.53 bits per heavy atom. The molecule has 160 valence electrons. The third-order valence-corrected chi connectivity index (χ3v) is 6.05. The molecule has 32 heavy (non-hydrogen) atoms. The SMILES string of the molecule is O=C(Nc1cc2c(cc1Sc1ccccc1)OCCO2)c1c[nH]c2ccc([N+](=O)[O-])cc12. The minimum absolute atomic E-state index is 0.0780. The number of anilines is 1. The topological polar surface area (TPSA) is 106 Å². The normalized spacial score (nSPS) is 12.5. The maximum atomic E-state index is 13.2. The van der Waals surface area contributed by atoms with Crippen LogP contribution in [0.1, 0.15) is 10.4 Å². The zero-order valence-corrected chi connectivity index (χ0v) is 17.5. The summed E-state index contributed by atoms with van der Waals surface area (Å²) in [7, 11) is 0. The number of aromatic nitrogens is 1. The standard InChI is InChI=1S/C23H17N3O5S/c27-23(17-13-24-18-7-6-14(26(28)29)10-16(17)18)25-19-11-20-21(31-9-8-30-20)12-22(19)32-15-4-2-1-3-5-15/h1-7,10-13,24H,8-9H2,(H,25,27). The van der Waals surface area contributed by atoms with Gasteiger partial charge < -0.3 is 19.8 Å². The van der Waals surface area contributed by atoms with Gasteiger partial charge in [0, 0.05) is 51.2 Å². The summed E-state index contributed by atoms with van der Waals surface area (Å²) >= 11 is 1.49. The monoisotopic (exact) mass is 447 g/mol. The summed E-state index contributed by atoms with van der Waals surface area (Å²) in [6.45, 7) is 0.889. The average Bonchev–Trinajstić information content (AvgIpc) is 3.23. The van der Waals surface area contributed by atoms with Gasteiger partial charge in [-0.05, 0) is 18.2 Å². The number of nitrogens with zero attached hydrogens (tertiary/aromatic N) is 1. The highest BCUT2D eigenvalue weighted by Crippen LogP contribution is 2.42. The molecule has 2 N–H and O–H groups in total. The minimum Gasteiger partial charge on any atom is -0.486 e. The summed E-state index contributed by atoms with van der Waals surface area (Å²) in [5.41, 5.74) is 1.44. The lowest BCUT2D eigenvalue weighted by Gasteiger charge is -2.21. The van der Waals surface area contributed by atoms with Crippen LogP contribution in [0, 0.1) is 10.1 Å². The van der Waals surface area contributed by atoms with E-state index in [1.54, 1.807) is 18.3 Å². The highest BCUT2D eigenvalue weighted by Gasteiger charge is 2.20. The van der Waals surface area contributed by atoms with Crippen molar-refractivity contribution in [1.82, 2.24) is 4.98 Å². The van der Waals surface area contributed by atoms with Gasteiger partial charge in [-0.25, -0.2) is 0 Å². The molecular formula is C23H17N3O5S. The predicted octanol–water partition coefficient (Wildman–Crippen LogP) is 5.25. The van der Waals surface area contributed by atoms with Crippen molar-refractivity contribution in [2.75, 3.05) is 18.5 Å². The van der Waals surface area contributed by atoms with Crippen LogP contribution in [-0.4, -0.2) is 29.0 Å². The molecule has 0 saturated heterocycles. The number of rotatable bonds is 5. The first kappa shape index (κ1) is 20.0. The Labute approximate surface area is 186 Å². The molecule has 0 fully saturated rings. The van der Waals surface area contributed by atoms with E-state index in [4.69, 9.17) is 9.47 Å². The molecule has 0 bridgehead atoms. The Hall–Kier alpha value is -3.98. The fraction of sp³-hybridized carbons (Fsp3) is 0.0870. The Morgan fingerprint density at radius 2 is 1.78 bits per heavy atom. The van der Waals surface area contributed by atoms with E-state index < -0.39 is 4.92 Å². The van der Waals surface area contributed by atoms with Gasteiger partial charge >= 0.3 is 0 Å². The molecule has 4 aromatic rings. The molecule has 0 aliphatic carbocycles. The summed E-state index contributed by atoms with van der Waals surface area (Å²) in [6.07, 6.45) is 1.55. The molecule has 0 radical (unpaired) electrons. The molecule has 1 amide bonds. The number of non-ortho nitro benzene ring substituents is 1. The van der Waals surface area contributed by atoms with E-state index in [0.29, 0.717) is 46.9 Å². The van der Waals surface area contributed by atoms with Gasteiger partial charge in [0.2, 0.25) is 0 Å². The van der Waals surface area contributed by atoms with Crippen molar-refractivity contribution in [2.45, 2.75) is 9.79 Å². The quantitative estimate of drug-likeness (QED) is 0.320. The number of amides is 1. The van der Waals surface area contributed by atoms with E-state index in [0.717, 1.165) is 9.79 Å². The maximum absolute atomic E-state index is 13.2. The van der Waals surface area contributed by atoms with Crippen LogP contribution in [0.5, 0.6) is 11.5 Å². The number of ether oxygens (including phenoxy) is 2. The molecule has 3 aromatic carbocycles. The molecule has 1 aromatic heterocycles. The second kappa shape index (κ2) is 8.27. The molecule has 5 rings (SSSR count). The zero-order valence-electron chi connectivity index (χ0n) is 16.7. The number of nitro benzene ring substituents is 1. The lowest BCUT2D eigenvalue weighted by atomic mass is 10.1. The van der Waals surface area contributed by atoms with Crippen molar-refractivity contribution in [3.63, 3.8) is 0 Å². The van der Waals surface area contributed by atoms with Crippen LogP contribution in [0.3, 0.4) is 0 Å². The van der Waals surface area contributed by atoms with Crippen LogP contribution in [0.4, 0.5) is 11.4 Å². The molecule has 0 atom stereocenters. The lowest BCUT2D eigenvalue weighted by Crippen LogP contribution is -2.17. The Bertz CT molecular complexity index is 1340. The molecule has 1 aliphatic rings. The fourth-order valence-electron chi connectivity index (χ4n) is 3.47. The van der Waals surface area contributed by atoms with Gasteiger partial charge in [0.1, 0.15) is 13.2 Å². The van der Waals surface area contributed by atoms with Crippen molar-refractivity contribution in [1.29, 1.82) is 0 Å². The van der Waals surface area contributed by atoms with Gasteiger partial charge in [-0.2, -0.15) is 0 Å². The molecule has 9 heteroatoms. The summed E-state index contributed by atoms with van der Waals surface area (Å²) < 4.78 is 11.4. The van der Waals surface area contributed by atoms with Crippen molar-refractivity contribution in [2.24, 2.45) is 0 Å². The van der Waals surface area contributed by atoms with Gasteiger partial charge in [-0.1, -0.05) is 30.0 Å². The molecule has 1 aliphatic heterocycles. The number of carbonyl (C=O) groups is 1. The second-order valence-electron chi connectivity index (χ2n) is 7.05. The molecule has 0 unspecified atom stereocenters. The van der Waals surface area contributed by atoms with Gasteiger partial charge in [0.15, 0.2) is 11.5 Å². The summed E-state index contributed by atoms with van der Waals surface area (Å²) in [6, 6.07) is 17.8. The van der Waals surface area contributed by atoms with E-state index in [1.165, 1.54) is 23.9 Å². The van der Waals surface area contributed by atoms with Crippen LogP contribution in [0.15, 0.2) is 76.7 Å². The van der Waals surface area contributed by atoms with Crippen LogP contribution in [-0.2, 0) is 0 Å². The Morgan fingerprint density at radius 1 is 1.03 bits per heavy atom. The number of hydrogen-bond acceptors (Lipinski definition) is 6. The number of fused-ring (bicyclic) bond motifs is 2. The number of nitrogens with one attached hydrogen (secondary N) is 2. The summed E-state index contributed by atoms with van der Waals surface area (Å²) in [4.78, 5) is 28.6. The third-order valence-electron chi connectivity index (χ3n) is 4.98. The van der Waals surface area contributed by atoms with Crippen molar-refractivity contribution < 1.29 is 19.2 Å². The van der Waals surface area contributed by atoms with Crippen LogP contribution in [0.25, 0.3) is 10.9 Å². The highest BCUT2D eigenvalue weighted by molar-refractivity contribution is 7.99. The summed E-state index contributed by atoms with van der Waals surface area (Å²) in [5.74, 6) is 0.789. The molecular weight excluding hydrogens is 430 g/mol. The molecule has 0 spiro atoms. The number of H-pyrrole nitrogens is 1. The smallest absolute Gasteiger partial charge is 0.270 e. The van der Waals surface area contributed by atoms with E-state index in [9.17, 15) is 14.9 Å². The summed E-state index contributed by atoms with van der Waals surface area (Å²) in [5, 5.41) is 14.6. The van der Waals surface area contributed by atoms with Crippen LogP contribution >= 0.6 is 11.8 Å². The van der Waals surface area contributed by atoms with E-state index in [2.05, 4.69) is 10.3 Å². The van der Waals surface area contributed by atoms with Gasteiger partial charge in [0.05, 0.1) is 16.2 Å². The maximum Gasteiger partial charge on any atom is 0.270 e. The van der Waals surface area contributed by atoms with Crippen LogP contribution < -0.4 is 14.8 Å². The van der Waals surface area contributed by atoms with Gasteiger partial charge in [-0.3, -0.25) is 14.9 Å². The zero-order chi connectivity index (χ0) is 22.1. The number of nitro groups is 1. The van der Waals surface area contributed by atoms with Crippen LogP contribution in [0.2, 0.25) is 0 Å². The van der Waals surface area contributed by atoms with Crippen molar-refractivity contribution in [3.05, 3.63) is 82.5 Å². The minimum atomic E-state index is -0.483. The molecule has 8 nitrogen and oxygen atoms in total. The van der Waals surface area contributed by atoms with Gasteiger partial charge in [-0.15, -0.1) is 0 Å². The number of aromatic amines is 1. The van der Waals surface area contributed by atoms with E-state index in [1.807, 2.05) is 36.4 Å². The third kappa shape index (κ3) is 3.85. The number of hydrogen-bond donors (Lipinski definition) is 2. The number of carbonyl (C=O) groups excluding carboxylic acids is 1. The van der Waals surface area contributed by atoms with Gasteiger partial charge in [0.25, 0.3) is 11.6 Å². The first-order valence-corrected chi connectivity index (χ1v) is 10.6. The van der Waals surface area contributed by atoms with Crippen molar-refractivity contribution >= 4 is 39.9 Å². The first-order valence-electron chi connectivity index (χ1n) is 9.82. The molecule has 0 saturated carbocycles. The predicted molar refractivity (Wildman–Crippen MR) is 121 cm³/mol.